The van der Waals surface area contributed by atoms with Gasteiger partial charge in [-0.05, 0) is 56.0 Å². The van der Waals surface area contributed by atoms with Crippen molar-refractivity contribution in [2.45, 2.75) is 45.1 Å². The number of amides is 1. The molecule has 0 atom stereocenters. The molecule has 3 rings (SSSR count). The molecule has 1 aliphatic carbocycles. The SMILES string of the molecule is O=C(CN1CCCN(CC2CCCCC2)CC1)NCc1ccc(F)cc1. The minimum atomic E-state index is -0.248. The fourth-order valence-corrected chi connectivity index (χ4v) is 4.16. The Kier molecular flexibility index (Phi) is 7.44. The van der Waals surface area contributed by atoms with Gasteiger partial charge >= 0.3 is 0 Å². The number of hydrogen-bond donors (Lipinski definition) is 1. The molecular weight excluding hydrogens is 329 g/mol. The molecule has 2 aliphatic rings. The molecule has 1 saturated heterocycles. The van der Waals surface area contributed by atoms with Crippen molar-refractivity contribution >= 4 is 5.91 Å². The van der Waals surface area contributed by atoms with Crippen LogP contribution in [0.5, 0.6) is 0 Å². The lowest BCUT2D eigenvalue weighted by molar-refractivity contribution is -0.122. The number of hydrogen-bond acceptors (Lipinski definition) is 3. The van der Waals surface area contributed by atoms with Crippen LogP contribution in [0.25, 0.3) is 0 Å². The molecule has 0 unspecified atom stereocenters. The van der Waals surface area contributed by atoms with Gasteiger partial charge in [0.15, 0.2) is 0 Å². The summed E-state index contributed by atoms with van der Waals surface area (Å²) in [5.74, 6) is 0.687. The third-order valence-electron chi connectivity index (χ3n) is 5.69. The maximum Gasteiger partial charge on any atom is 0.234 e. The summed E-state index contributed by atoms with van der Waals surface area (Å²) in [5, 5.41) is 2.95. The Balaban J connectivity index is 1.36. The van der Waals surface area contributed by atoms with Gasteiger partial charge in [0.25, 0.3) is 0 Å². The van der Waals surface area contributed by atoms with Gasteiger partial charge in [-0.25, -0.2) is 4.39 Å². The molecule has 1 aliphatic heterocycles. The van der Waals surface area contributed by atoms with Crippen LogP contribution in [0.2, 0.25) is 0 Å². The Morgan fingerprint density at radius 2 is 1.65 bits per heavy atom. The highest BCUT2D eigenvalue weighted by Crippen LogP contribution is 2.24. The zero-order valence-corrected chi connectivity index (χ0v) is 15.8. The first kappa shape index (κ1) is 19.3. The van der Waals surface area contributed by atoms with Crippen molar-refractivity contribution in [1.82, 2.24) is 15.1 Å². The monoisotopic (exact) mass is 361 g/mol. The van der Waals surface area contributed by atoms with Gasteiger partial charge in [0, 0.05) is 26.2 Å². The molecule has 1 heterocycles. The lowest BCUT2D eigenvalue weighted by atomic mass is 9.89. The highest BCUT2D eigenvalue weighted by Gasteiger charge is 2.21. The van der Waals surface area contributed by atoms with Gasteiger partial charge in [-0.2, -0.15) is 0 Å². The third kappa shape index (κ3) is 6.36. The van der Waals surface area contributed by atoms with Crippen LogP contribution in [0.1, 0.15) is 44.1 Å². The summed E-state index contributed by atoms with van der Waals surface area (Å²) < 4.78 is 12.9. The van der Waals surface area contributed by atoms with Crippen molar-refractivity contribution in [2.24, 2.45) is 5.92 Å². The Morgan fingerprint density at radius 3 is 2.42 bits per heavy atom. The van der Waals surface area contributed by atoms with Gasteiger partial charge in [0.1, 0.15) is 5.82 Å². The lowest BCUT2D eigenvalue weighted by Gasteiger charge is -2.28. The number of rotatable bonds is 6. The van der Waals surface area contributed by atoms with Gasteiger partial charge in [-0.1, -0.05) is 31.4 Å². The smallest absolute Gasteiger partial charge is 0.234 e. The van der Waals surface area contributed by atoms with Gasteiger partial charge in [-0.3, -0.25) is 9.69 Å². The molecule has 1 saturated carbocycles. The van der Waals surface area contributed by atoms with Crippen LogP contribution < -0.4 is 5.32 Å². The van der Waals surface area contributed by atoms with Crippen molar-refractivity contribution in [2.75, 3.05) is 39.3 Å². The van der Waals surface area contributed by atoms with Crippen LogP contribution in [-0.4, -0.2) is 55.0 Å². The van der Waals surface area contributed by atoms with E-state index in [2.05, 4.69) is 15.1 Å². The predicted molar refractivity (Wildman–Crippen MR) is 102 cm³/mol. The van der Waals surface area contributed by atoms with Gasteiger partial charge in [-0.15, -0.1) is 0 Å². The second-order valence-electron chi connectivity index (χ2n) is 7.84. The standard InChI is InChI=1S/C21H32FN3O/c22-20-9-7-18(8-10-20)15-23-21(26)17-25-12-4-11-24(13-14-25)16-19-5-2-1-3-6-19/h7-10,19H,1-6,11-17H2,(H,23,26). The number of carbonyl (C=O) groups is 1. The van der Waals surface area contributed by atoms with Crippen LogP contribution >= 0.6 is 0 Å². The molecule has 4 nitrogen and oxygen atoms in total. The second kappa shape index (κ2) is 10.0. The summed E-state index contributed by atoms with van der Waals surface area (Å²) in [5.41, 5.74) is 0.925. The Bertz CT molecular complexity index is 557. The zero-order valence-electron chi connectivity index (χ0n) is 15.8. The molecule has 1 N–H and O–H groups in total. The molecule has 0 bridgehead atoms. The molecule has 26 heavy (non-hydrogen) atoms. The van der Waals surface area contributed by atoms with Crippen molar-refractivity contribution in [1.29, 1.82) is 0 Å². The van der Waals surface area contributed by atoms with E-state index in [9.17, 15) is 9.18 Å². The van der Waals surface area contributed by atoms with E-state index in [0.29, 0.717) is 13.1 Å². The molecule has 1 aromatic carbocycles. The van der Waals surface area contributed by atoms with Gasteiger partial charge in [0.05, 0.1) is 6.54 Å². The van der Waals surface area contributed by atoms with E-state index in [4.69, 9.17) is 0 Å². The van der Waals surface area contributed by atoms with E-state index >= 15 is 0 Å². The van der Waals surface area contributed by atoms with Crippen LogP contribution in [0.3, 0.4) is 0 Å². The number of nitrogens with one attached hydrogen (secondary N) is 1. The first-order chi connectivity index (χ1) is 12.7. The predicted octanol–water partition coefficient (Wildman–Crippen LogP) is 3.03. The highest BCUT2D eigenvalue weighted by atomic mass is 19.1. The van der Waals surface area contributed by atoms with Gasteiger partial charge < -0.3 is 10.2 Å². The maximum atomic E-state index is 12.9. The summed E-state index contributed by atoms with van der Waals surface area (Å²) in [6, 6.07) is 6.28. The summed E-state index contributed by atoms with van der Waals surface area (Å²) in [4.78, 5) is 17.1. The molecule has 0 aromatic heterocycles. The summed E-state index contributed by atoms with van der Waals surface area (Å²) in [6.45, 7) is 6.34. The Labute approximate surface area is 156 Å². The number of benzene rings is 1. The zero-order chi connectivity index (χ0) is 18.2. The summed E-state index contributed by atoms with van der Waals surface area (Å²) >= 11 is 0. The van der Waals surface area contributed by atoms with E-state index in [-0.39, 0.29) is 11.7 Å². The van der Waals surface area contributed by atoms with Crippen LogP contribution in [-0.2, 0) is 11.3 Å². The molecule has 144 valence electrons. The largest absolute Gasteiger partial charge is 0.351 e. The van der Waals surface area contributed by atoms with Crippen molar-refractivity contribution in [3.05, 3.63) is 35.6 Å². The first-order valence-electron chi connectivity index (χ1n) is 10.1. The van der Waals surface area contributed by atoms with E-state index in [1.54, 1.807) is 12.1 Å². The fraction of sp³-hybridized carbons (Fsp3) is 0.667. The van der Waals surface area contributed by atoms with E-state index in [1.165, 1.54) is 50.8 Å². The minimum absolute atomic E-state index is 0.0510. The van der Waals surface area contributed by atoms with E-state index in [1.807, 2.05) is 0 Å². The molecular formula is C21H32FN3O. The topological polar surface area (TPSA) is 35.6 Å². The lowest BCUT2D eigenvalue weighted by Crippen LogP contribution is -2.39. The van der Waals surface area contributed by atoms with Crippen molar-refractivity contribution in [3.63, 3.8) is 0 Å². The number of nitrogens with zero attached hydrogens (tertiary/aromatic N) is 2. The van der Waals surface area contributed by atoms with Crippen molar-refractivity contribution < 1.29 is 9.18 Å². The molecule has 0 spiro atoms. The molecule has 1 aromatic rings. The maximum absolute atomic E-state index is 12.9. The van der Waals surface area contributed by atoms with Crippen molar-refractivity contribution in [3.8, 4) is 0 Å². The summed E-state index contributed by atoms with van der Waals surface area (Å²) in [7, 11) is 0. The molecule has 5 heteroatoms. The number of halogens is 1. The Morgan fingerprint density at radius 1 is 0.962 bits per heavy atom. The van der Waals surface area contributed by atoms with E-state index in [0.717, 1.165) is 44.1 Å². The van der Waals surface area contributed by atoms with Crippen LogP contribution in [0.4, 0.5) is 4.39 Å². The second-order valence-corrected chi connectivity index (χ2v) is 7.84. The fourth-order valence-electron chi connectivity index (χ4n) is 4.16. The average molecular weight is 362 g/mol. The van der Waals surface area contributed by atoms with Crippen LogP contribution in [0, 0.1) is 11.7 Å². The molecule has 2 fully saturated rings. The average Bonchev–Trinajstić information content (AvgIpc) is 2.87. The first-order valence-corrected chi connectivity index (χ1v) is 10.1. The Hall–Kier alpha value is -1.46. The summed E-state index contributed by atoms with van der Waals surface area (Å²) in [6.07, 6.45) is 8.14. The highest BCUT2D eigenvalue weighted by molar-refractivity contribution is 5.78. The molecule has 0 radical (unpaired) electrons. The minimum Gasteiger partial charge on any atom is -0.351 e. The normalized spacial score (nSPS) is 20.7. The quantitative estimate of drug-likeness (QED) is 0.846. The van der Waals surface area contributed by atoms with E-state index < -0.39 is 0 Å². The molecule has 1 amide bonds. The van der Waals surface area contributed by atoms with Gasteiger partial charge in [0.2, 0.25) is 5.91 Å². The number of carbonyl (C=O) groups excluding carboxylic acids is 1. The van der Waals surface area contributed by atoms with Crippen LogP contribution in [0.15, 0.2) is 24.3 Å². The third-order valence-corrected chi connectivity index (χ3v) is 5.69.